The van der Waals surface area contributed by atoms with Crippen LogP contribution in [0.15, 0.2) is 47.1 Å². The summed E-state index contributed by atoms with van der Waals surface area (Å²) in [5.74, 6) is 0.824. The lowest BCUT2D eigenvalue weighted by Crippen LogP contribution is -2.09. The highest BCUT2D eigenvalue weighted by Crippen LogP contribution is 2.08. The number of hydrogen-bond acceptors (Lipinski definition) is 3. The van der Waals surface area contributed by atoms with Crippen LogP contribution in [0.2, 0.25) is 0 Å². The molecule has 0 unspecified atom stereocenters. The Balaban J connectivity index is 1.85. The largest absolute Gasteiger partial charge is 0.467 e. The van der Waals surface area contributed by atoms with Crippen LogP contribution in [0.1, 0.15) is 16.9 Å². The fourth-order valence-electron chi connectivity index (χ4n) is 1.43. The molecule has 17 heavy (non-hydrogen) atoms. The van der Waals surface area contributed by atoms with Gasteiger partial charge in [0.05, 0.1) is 12.9 Å². The van der Waals surface area contributed by atoms with Gasteiger partial charge in [-0.3, -0.25) is 0 Å². The van der Waals surface area contributed by atoms with Crippen LogP contribution in [0.3, 0.4) is 0 Å². The fraction of sp³-hybridized carbons (Fsp3) is 0.154. The van der Waals surface area contributed by atoms with Crippen molar-refractivity contribution < 1.29 is 9.15 Å². The Morgan fingerprint density at radius 3 is 2.53 bits per heavy atom. The third-order valence-corrected chi connectivity index (χ3v) is 2.57. The van der Waals surface area contributed by atoms with Gasteiger partial charge in [-0.25, -0.2) is 0 Å². The number of thiocarbonyl (C=S) groups is 1. The molecule has 1 aromatic heterocycles. The molecule has 0 atom stereocenters. The summed E-state index contributed by atoms with van der Waals surface area (Å²) in [6.45, 7) is 1.02. The highest BCUT2D eigenvalue weighted by Gasteiger charge is 1.99. The molecule has 0 saturated carbocycles. The van der Waals surface area contributed by atoms with E-state index in [1.54, 1.807) is 6.26 Å². The monoisotopic (exact) mass is 247 g/mol. The zero-order chi connectivity index (χ0) is 12.1. The van der Waals surface area contributed by atoms with Crippen LogP contribution in [-0.4, -0.2) is 4.99 Å². The van der Waals surface area contributed by atoms with Gasteiger partial charge in [0.2, 0.25) is 0 Å². The molecule has 1 aromatic carbocycles. The van der Waals surface area contributed by atoms with Gasteiger partial charge in [0.15, 0.2) is 0 Å². The van der Waals surface area contributed by atoms with Gasteiger partial charge in [0, 0.05) is 5.56 Å². The summed E-state index contributed by atoms with van der Waals surface area (Å²) >= 11 is 4.88. The molecule has 2 aromatic rings. The minimum absolute atomic E-state index is 0.410. The Morgan fingerprint density at radius 2 is 1.94 bits per heavy atom. The van der Waals surface area contributed by atoms with E-state index < -0.39 is 0 Å². The summed E-state index contributed by atoms with van der Waals surface area (Å²) < 4.78 is 10.7. The quantitative estimate of drug-likeness (QED) is 0.825. The van der Waals surface area contributed by atoms with Gasteiger partial charge in [-0.05, 0) is 17.7 Å². The summed E-state index contributed by atoms with van der Waals surface area (Å²) in [5, 5.41) is 0. The number of furan rings is 1. The van der Waals surface area contributed by atoms with Crippen LogP contribution < -0.4 is 5.73 Å². The molecule has 1 heterocycles. The molecular formula is C13H13NO2S. The maximum atomic E-state index is 5.52. The molecule has 2 rings (SSSR count). The summed E-state index contributed by atoms with van der Waals surface area (Å²) in [6, 6.07) is 11.4. The van der Waals surface area contributed by atoms with Crippen molar-refractivity contribution >= 4 is 17.2 Å². The molecule has 4 heteroatoms. The highest BCUT2D eigenvalue weighted by molar-refractivity contribution is 7.80. The first-order valence-electron chi connectivity index (χ1n) is 5.24. The molecule has 0 fully saturated rings. The van der Waals surface area contributed by atoms with Gasteiger partial charge < -0.3 is 14.9 Å². The standard InChI is InChI=1S/C13H13NO2S/c14-13(17)11-5-3-10(4-6-11)8-15-9-12-2-1-7-16-12/h1-7H,8-9H2,(H2,14,17). The van der Waals surface area contributed by atoms with E-state index in [-0.39, 0.29) is 0 Å². The maximum absolute atomic E-state index is 5.52. The molecule has 2 N–H and O–H groups in total. The van der Waals surface area contributed by atoms with E-state index in [0.29, 0.717) is 18.2 Å². The van der Waals surface area contributed by atoms with Crippen molar-refractivity contribution in [3.8, 4) is 0 Å². The molecule has 0 aliphatic heterocycles. The third kappa shape index (κ3) is 3.41. The van der Waals surface area contributed by atoms with Crippen molar-refractivity contribution in [2.45, 2.75) is 13.2 Å². The van der Waals surface area contributed by atoms with Gasteiger partial charge in [-0.2, -0.15) is 0 Å². The fourth-order valence-corrected chi connectivity index (χ4v) is 1.57. The number of benzene rings is 1. The highest BCUT2D eigenvalue weighted by atomic mass is 32.1. The van der Waals surface area contributed by atoms with Gasteiger partial charge in [-0.1, -0.05) is 36.5 Å². The second-order valence-electron chi connectivity index (χ2n) is 3.63. The molecule has 88 valence electrons. The molecule has 0 spiro atoms. The molecule has 3 nitrogen and oxygen atoms in total. The number of nitrogens with two attached hydrogens (primary N) is 1. The van der Waals surface area contributed by atoms with E-state index in [4.69, 9.17) is 27.1 Å². The normalized spacial score (nSPS) is 10.4. The second-order valence-corrected chi connectivity index (χ2v) is 4.07. The average molecular weight is 247 g/mol. The molecule has 0 radical (unpaired) electrons. The number of hydrogen-bond donors (Lipinski definition) is 1. The average Bonchev–Trinajstić information content (AvgIpc) is 2.83. The maximum Gasteiger partial charge on any atom is 0.129 e. The molecule has 0 aliphatic carbocycles. The molecule has 0 bridgehead atoms. The zero-order valence-corrected chi connectivity index (χ0v) is 10.1. The third-order valence-electron chi connectivity index (χ3n) is 2.33. The smallest absolute Gasteiger partial charge is 0.129 e. The predicted octanol–water partition coefficient (Wildman–Crippen LogP) is 2.63. The Bertz CT molecular complexity index is 477. The zero-order valence-electron chi connectivity index (χ0n) is 9.26. The minimum Gasteiger partial charge on any atom is -0.467 e. The van der Waals surface area contributed by atoms with Crippen LogP contribution in [0.25, 0.3) is 0 Å². The Hall–Kier alpha value is -1.65. The Labute approximate surface area is 105 Å². The summed E-state index contributed by atoms with van der Waals surface area (Å²) in [4.78, 5) is 0.410. The SMILES string of the molecule is NC(=S)c1ccc(COCc2ccco2)cc1. The Morgan fingerprint density at radius 1 is 1.18 bits per heavy atom. The first-order valence-corrected chi connectivity index (χ1v) is 5.65. The Kier molecular flexibility index (Phi) is 3.90. The lowest BCUT2D eigenvalue weighted by atomic mass is 10.1. The van der Waals surface area contributed by atoms with E-state index in [2.05, 4.69) is 0 Å². The molecule has 0 aliphatic rings. The van der Waals surface area contributed by atoms with E-state index in [0.717, 1.165) is 16.9 Å². The van der Waals surface area contributed by atoms with Gasteiger partial charge in [0.25, 0.3) is 0 Å². The second kappa shape index (κ2) is 5.61. The van der Waals surface area contributed by atoms with Crippen LogP contribution in [-0.2, 0) is 18.0 Å². The van der Waals surface area contributed by atoms with Crippen LogP contribution in [0, 0.1) is 0 Å². The number of rotatable bonds is 5. The van der Waals surface area contributed by atoms with Crippen molar-refractivity contribution in [3.63, 3.8) is 0 Å². The summed E-state index contributed by atoms with van der Waals surface area (Å²) in [7, 11) is 0. The van der Waals surface area contributed by atoms with Gasteiger partial charge >= 0.3 is 0 Å². The number of ether oxygens (including phenoxy) is 1. The van der Waals surface area contributed by atoms with Gasteiger partial charge in [0.1, 0.15) is 17.4 Å². The van der Waals surface area contributed by atoms with Crippen LogP contribution >= 0.6 is 12.2 Å². The van der Waals surface area contributed by atoms with Crippen molar-refractivity contribution in [2.24, 2.45) is 5.73 Å². The van der Waals surface area contributed by atoms with Crippen molar-refractivity contribution in [1.82, 2.24) is 0 Å². The summed E-state index contributed by atoms with van der Waals surface area (Å²) in [6.07, 6.45) is 1.63. The predicted molar refractivity (Wildman–Crippen MR) is 69.5 cm³/mol. The molecular weight excluding hydrogens is 234 g/mol. The van der Waals surface area contributed by atoms with Crippen molar-refractivity contribution in [1.29, 1.82) is 0 Å². The van der Waals surface area contributed by atoms with E-state index in [1.165, 1.54) is 0 Å². The first-order chi connectivity index (χ1) is 8.25. The first kappa shape index (κ1) is 11.8. The van der Waals surface area contributed by atoms with Crippen LogP contribution in [0.4, 0.5) is 0 Å². The van der Waals surface area contributed by atoms with Crippen molar-refractivity contribution in [2.75, 3.05) is 0 Å². The van der Waals surface area contributed by atoms with Gasteiger partial charge in [-0.15, -0.1) is 0 Å². The lowest BCUT2D eigenvalue weighted by Gasteiger charge is -2.04. The van der Waals surface area contributed by atoms with Crippen molar-refractivity contribution in [3.05, 3.63) is 59.5 Å². The summed E-state index contributed by atoms with van der Waals surface area (Å²) in [5.41, 5.74) is 7.47. The molecule has 0 amide bonds. The van der Waals surface area contributed by atoms with E-state index in [1.807, 2.05) is 36.4 Å². The topological polar surface area (TPSA) is 48.4 Å². The van der Waals surface area contributed by atoms with E-state index >= 15 is 0 Å². The minimum atomic E-state index is 0.410. The molecule has 0 saturated heterocycles. The lowest BCUT2D eigenvalue weighted by molar-refractivity contribution is 0.0929. The van der Waals surface area contributed by atoms with Crippen LogP contribution in [0.5, 0.6) is 0 Å². The van der Waals surface area contributed by atoms with E-state index in [9.17, 15) is 0 Å².